The Morgan fingerprint density at radius 2 is 2.04 bits per heavy atom. The van der Waals surface area contributed by atoms with Crippen molar-refractivity contribution in [1.82, 2.24) is 5.32 Å². The van der Waals surface area contributed by atoms with Gasteiger partial charge >= 0.3 is 5.97 Å². The minimum atomic E-state index is -3.10. The molecule has 1 N–H and O–H groups in total. The highest BCUT2D eigenvalue weighted by atomic mass is 35.5. The number of esters is 1. The molecular formula is C17H22ClNO7S. The third kappa shape index (κ3) is 6.00. The summed E-state index contributed by atoms with van der Waals surface area (Å²) < 4.78 is 38.5. The summed E-state index contributed by atoms with van der Waals surface area (Å²) in [5.74, 6) is -0.809. The van der Waals surface area contributed by atoms with Gasteiger partial charge in [0.2, 0.25) is 0 Å². The molecule has 0 spiro atoms. The molecule has 1 aliphatic heterocycles. The Morgan fingerprint density at radius 1 is 1.33 bits per heavy atom. The zero-order valence-corrected chi connectivity index (χ0v) is 16.9. The molecule has 0 aliphatic carbocycles. The lowest BCUT2D eigenvalue weighted by Crippen LogP contribution is -2.38. The van der Waals surface area contributed by atoms with Crippen LogP contribution in [0.1, 0.15) is 30.6 Å². The lowest BCUT2D eigenvalue weighted by Gasteiger charge is -2.16. The molecule has 0 radical (unpaired) electrons. The molecule has 1 aromatic carbocycles. The maximum atomic E-state index is 12.2. The smallest absolute Gasteiger partial charge is 0.338 e. The van der Waals surface area contributed by atoms with E-state index in [4.69, 9.17) is 25.8 Å². The number of ether oxygens (including phenoxy) is 3. The van der Waals surface area contributed by atoms with E-state index in [1.54, 1.807) is 0 Å². The van der Waals surface area contributed by atoms with E-state index in [9.17, 15) is 18.0 Å². The topological polar surface area (TPSA) is 108 Å². The van der Waals surface area contributed by atoms with Crippen LogP contribution in [0.4, 0.5) is 0 Å². The zero-order valence-electron chi connectivity index (χ0n) is 15.3. The monoisotopic (exact) mass is 419 g/mol. The Labute approximate surface area is 163 Å². The molecule has 1 aromatic rings. The van der Waals surface area contributed by atoms with E-state index in [1.165, 1.54) is 19.2 Å². The number of hydrogen-bond donors (Lipinski definition) is 1. The summed E-state index contributed by atoms with van der Waals surface area (Å²) in [5, 5.41) is 2.72. The van der Waals surface area contributed by atoms with Crippen LogP contribution >= 0.6 is 11.6 Å². The van der Waals surface area contributed by atoms with E-state index in [1.807, 2.05) is 13.8 Å². The number of rotatable bonds is 7. The van der Waals surface area contributed by atoms with Gasteiger partial charge in [0.05, 0.1) is 35.3 Å². The lowest BCUT2D eigenvalue weighted by molar-refractivity contribution is -0.124. The number of carbonyl (C=O) groups excluding carboxylic acids is 2. The Bertz CT molecular complexity index is 823. The van der Waals surface area contributed by atoms with Crippen molar-refractivity contribution < 1.29 is 32.2 Å². The second-order valence-corrected chi connectivity index (χ2v) is 9.04. The molecule has 1 amide bonds. The first kappa shape index (κ1) is 21.3. The van der Waals surface area contributed by atoms with Crippen LogP contribution in [0, 0.1) is 0 Å². The number of nitrogens with one attached hydrogen (secondary N) is 1. The van der Waals surface area contributed by atoms with Crippen LogP contribution in [-0.2, 0) is 19.4 Å². The van der Waals surface area contributed by atoms with Crippen molar-refractivity contribution >= 4 is 33.3 Å². The van der Waals surface area contributed by atoms with Crippen LogP contribution in [0.25, 0.3) is 0 Å². The fourth-order valence-corrected chi connectivity index (χ4v) is 4.51. The van der Waals surface area contributed by atoms with Gasteiger partial charge in [0.1, 0.15) is 0 Å². The van der Waals surface area contributed by atoms with Gasteiger partial charge in [0.15, 0.2) is 27.9 Å². The molecule has 1 fully saturated rings. The van der Waals surface area contributed by atoms with Gasteiger partial charge in [-0.05, 0) is 32.4 Å². The van der Waals surface area contributed by atoms with Gasteiger partial charge in [-0.2, -0.15) is 0 Å². The van der Waals surface area contributed by atoms with Gasteiger partial charge in [0.25, 0.3) is 5.91 Å². The maximum Gasteiger partial charge on any atom is 0.338 e. The van der Waals surface area contributed by atoms with Crippen molar-refractivity contribution in [3.8, 4) is 11.5 Å². The highest BCUT2D eigenvalue weighted by molar-refractivity contribution is 7.91. The Morgan fingerprint density at radius 3 is 2.59 bits per heavy atom. The predicted molar refractivity (Wildman–Crippen MR) is 99.3 cm³/mol. The Kier molecular flexibility index (Phi) is 6.94. The van der Waals surface area contributed by atoms with E-state index >= 15 is 0 Å². The first-order valence-corrected chi connectivity index (χ1v) is 10.5. The summed E-state index contributed by atoms with van der Waals surface area (Å²) >= 11 is 6.16. The van der Waals surface area contributed by atoms with E-state index in [0.29, 0.717) is 12.2 Å². The molecule has 27 heavy (non-hydrogen) atoms. The van der Waals surface area contributed by atoms with Gasteiger partial charge < -0.3 is 19.5 Å². The van der Waals surface area contributed by atoms with Crippen molar-refractivity contribution in [3.63, 3.8) is 0 Å². The van der Waals surface area contributed by atoms with Crippen molar-refractivity contribution in [2.75, 3.05) is 25.2 Å². The minimum absolute atomic E-state index is 0.0425. The summed E-state index contributed by atoms with van der Waals surface area (Å²) in [6, 6.07) is 2.32. The molecule has 8 nitrogen and oxygen atoms in total. The zero-order chi connectivity index (χ0) is 20.2. The first-order chi connectivity index (χ1) is 12.6. The van der Waals surface area contributed by atoms with Gasteiger partial charge in [0, 0.05) is 6.04 Å². The molecule has 150 valence electrons. The molecular weight excluding hydrogens is 398 g/mol. The van der Waals surface area contributed by atoms with Gasteiger partial charge in [-0.15, -0.1) is 0 Å². The first-order valence-electron chi connectivity index (χ1n) is 8.32. The van der Waals surface area contributed by atoms with Crippen LogP contribution in [0.5, 0.6) is 11.5 Å². The Hall–Kier alpha value is -2.00. The molecule has 2 rings (SSSR count). The van der Waals surface area contributed by atoms with Gasteiger partial charge in [-0.1, -0.05) is 11.6 Å². The minimum Gasteiger partial charge on any atom is -0.493 e. The number of halogens is 1. The Balaban J connectivity index is 1.97. The normalized spacial score (nSPS) is 18.2. The van der Waals surface area contributed by atoms with E-state index in [2.05, 4.69) is 5.32 Å². The summed E-state index contributed by atoms with van der Waals surface area (Å²) in [6.45, 7) is 3.12. The summed E-state index contributed by atoms with van der Waals surface area (Å²) in [5.41, 5.74) is 0.101. The van der Waals surface area contributed by atoms with E-state index in [-0.39, 0.29) is 33.9 Å². The van der Waals surface area contributed by atoms with Crippen molar-refractivity contribution in [3.05, 3.63) is 22.7 Å². The molecule has 10 heteroatoms. The number of amides is 1. The second kappa shape index (κ2) is 8.79. The van der Waals surface area contributed by atoms with Crippen molar-refractivity contribution in [2.24, 2.45) is 0 Å². The molecule has 0 bridgehead atoms. The van der Waals surface area contributed by atoms with Crippen LogP contribution < -0.4 is 14.8 Å². The fraction of sp³-hybridized carbons (Fsp3) is 0.529. The van der Waals surface area contributed by atoms with Crippen LogP contribution in [0.3, 0.4) is 0 Å². The average Bonchev–Trinajstić information content (AvgIpc) is 2.92. The summed E-state index contributed by atoms with van der Waals surface area (Å²) in [4.78, 5) is 24.0. The summed E-state index contributed by atoms with van der Waals surface area (Å²) in [7, 11) is -1.69. The predicted octanol–water partition coefficient (Wildman–Crippen LogP) is 1.60. The third-order valence-corrected chi connectivity index (χ3v) is 5.80. The SMILES string of the molecule is COc1cc(C(=O)OCC(=O)N[C@H]2CCS(=O)(=O)C2)cc(Cl)c1OC(C)C. The standard InChI is InChI=1S/C17H22ClNO7S/c1-10(2)26-16-13(18)6-11(7-14(16)24-3)17(21)25-8-15(20)19-12-4-5-27(22,23)9-12/h6-7,10,12H,4-5,8-9H2,1-3H3,(H,19,20)/t12-/m0/s1. The highest BCUT2D eigenvalue weighted by Crippen LogP contribution is 2.37. The largest absolute Gasteiger partial charge is 0.493 e. The number of hydrogen-bond acceptors (Lipinski definition) is 7. The second-order valence-electron chi connectivity index (χ2n) is 6.40. The lowest BCUT2D eigenvalue weighted by atomic mass is 10.2. The van der Waals surface area contributed by atoms with E-state index < -0.39 is 34.4 Å². The average molecular weight is 420 g/mol. The molecule has 1 aliphatic rings. The highest BCUT2D eigenvalue weighted by Gasteiger charge is 2.29. The van der Waals surface area contributed by atoms with Crippen molar-refractivity contribution in [2.45, 2.75) is 32.4 Å². The molecule has 0 unspecified atom stereocenters. The van der Waals surface area contributed by atoms with Crippen molar-refractivity contribution in [1.29, 1.82) is 0 Å². The van der Waals surface area contributed by atoms with Crippen LogP contribution in [0.15, 0.2) is 12.1 Å². The number of sulfone groups is 1. The molecule has 1 heterocycles. The van der Waals surface area contributed by atoms with Crippen LogP contribution in [-0.4, -0.2) is 57.7 Å². The van der Waals surface area contributed by atoms with E-state index in [0.717, 1.165) is 0 Å². The fourth-order valence-electron chi connectivity index (χ4n) is 2.58. The number of carbonyl (C=O) groups is 2. The summed E-state index contributed by atoms with van der Waals surface area (Å²) in [6.07, 6.45) is 0.212. The van der Waals surface area contributed by atoms with Gasteiger partial charge in [-0.3, -0.25) is 4.79 Å². The maximum absolute atomic E-state index is 12.2. The molecule has 0 aromatic heterocycles. The number of methoxy groups -OCH3 is 1. The number of benzene rings is 1. The third-order valence-electron chi connectivity index (χ3n) is 3.75. The molecule has 1 saturated heterocycles. The molecule has 0 saturated carbocycles. The quantitative estimate of drug-likeness (QED) is 0.668. The molecule has 1 atom stereocenters. The van der Waals surface area contributed by atoms with Crippen LogP contribution in [0.2, 0.25) is 5.02 Å². The van der Waals surface area contributed by atoms with Gasteiger partial charge in [-0.25, -0.2) is 13.2 Å².